The number of thioether (sulfide) groups is 1. The first-order valence-corrected chi connectivity index (χ1v) is 10.3. The fourth-order valence-corrected chi connectivity index (χ4v) is 4.26. The van der Waals surface area contributed by atoms with Crippen molar-refractivity contribution in [2.45, 2.75) is 17.8 Å². The zero-order valence-corrected chi connectivity index (χ0v) is 16.3. The van der Waals surface area contributed by atoms with E-state index in [1.165, 1.54) is 0 Å². The average Bonchev–Trinajstić information content (AvgIpc) is 3.37. The van der Waals surface area contributed by atoms with E-state index in [1.807, 2.05) is 49.4 Å². The Labute approximate surface area is 165 Å². The second kappa shape index (κ2) is 8.32. The molecule has 4 aromatic rings. The summed E-state index contributed by atoms with van der Waals surface area (Å²) in [6, 6.07) is 17.9. The van der Waals surface area contributed by atoms with E-state index in [9.17, 15) is 0 Å². The lowest BCUT2D eigenvalue weighted by Crippen LogP contribution is -2.03. The van der Waals surface area contributed by atoms with Crippen LogP contribution < -0.4 is 4.74 Å². The molecule has 0 aliphatic carbocycles. The van der Waals surface area contributed by atoms with Gasteiger partial charge in [0.15, 0.2) is 0 Å². The van der Waals surface area contributed by atoms with Crippen LogP contribution in [0.15, 0.2) is 65.1 Å². The maximum atomic E-state index is 5.69. The smallest absolute Gasteiger partial charge is 0.214 e. The fraction of sp³-hybridized carbons (Fsp3) is 0.158. The van der Waals surface area contributed by atoms with Gasteiger partial charge in [-0.15, -0.1) is 16.4 Å². The molecule has 0 atom stereocenters. The van der Waals surface area contributed by atoms with Crippen molar-refractivity contribution in [3.05, 3.63) is 65.7 Å². The predicted octanol–water partition coefficient (Wildman–Crippen LogP) is 4.48. The fourth-order valence-electron chi connectivity index (χ4n) is 2.55. The van der Waals surface area contributed by atoms with E-state index < -0.39 is 0 Å². The largest absolute Gasteiger partial charge is 0.492 e. The van der Waals surface area contributed by atoms with Crippen LogP contribution in [0, 0.1) is 0 Å². The van der Waals surface area contributed by atoms with Gasteiger partial charge in [-0.1, -0.05) is 54.2 Å². The molecule has 0 saturated heterocycles. The van der Waals surface area contributed by atoms with Gasteiger partial charge >= 0.3 is 0 Å². The lowest BCUT2D eigenvalue weighted by atomic mass is 10.2. The van der Waals surface area contributed by atoms with Crippen molar-refractivity contribution in [1.82, 2.24) is 25.2 Å². The van der Waals surface area contributed by atoms with Crippen molar-refractivity contribution in [2.75, 3.05) is 6.61 Å². The Bertz CT molecular complexity index is 1020. The number of hydrogen-bond acceptors (Lipinski definition) is 7. The quantitative estimate of drug-likeness (QED) is 0.430. The van der Waals surface area contributed by atoms with Gasteiger partial charge in [-0.2, -0.15) is 4.68 Å². The van der Waals surface area contributed by atoms with Gasteiger partial charge in [-0.25, -0.2) is 4.98 Å². The lowest BCUT2D eigenvalue weighted by molar-refractivity contribution is 0.337. The monoisotopic (exact) mass is 395 g/mol. The zero-order chi connectivity index (χ0) is 18.5. The summed E-state index contributed by atoms with van der Waals surface area (Å²) >= 11 is 3.20. The van der Waals surface area contributed by atoms with Crippen LogP contribution in [0.1, 0.15) is 12.6 Å². The molecule has 0 N–H and O–H groups in total. The third-order valence-corrected chi connectivity index (χ3v) is 5.65. The molecule has 4 rings (SSSR count). The Balaban J connectivity index is 1.51. The molecule has 0 fully saturated rings. The van der Waals surface area contributed by atoms with Crippen molar-refractivity contribution >= 4 is 23.1 Å². The second-order valence-electron chi connectivity index (χ2n) is 5.57. The summed E-state index contributed by atoms with van der Waals surface area (Å²) in [5.74, 6) is 1.45. The van der Waals surface area contributed by atoms with Gasteiger partial charge in [0.25, 0.3) is 0 Å². The van der Waals surface area contributed by atoms with Crippen LogP contribution in [0.4, 0.5) is 0 Å². The van der Waals surface area contributed by atoms with Gasteiger partial charge in [0, 0.05) is 16.7 Å². The molecule has 0 spiro atoms. The minimum atomic E-state index is 0.586. The van der Waals surface area contributed by atoms with E-state index in [2.05, 4.69) is 33.0 Å². The highest BCUT2D eigenvalue weighted by molar-refractivity contribution is 7.98. The summed E-state index contributed by atoms with van der Waals surface area (Å²) in [5.41, 5.74) is 2.97. The summed E-state index contributed by atoms with van der Waals surface area (Å²) in [7, 11) is 0. The summed E-state index contributed by atoms with van der Waals surface area (Å²) in [6.45, 7) is 2.54. The molecular formula is C19H17N5OS2. The first kappa shape index (κ1) is 17.7. The van der Waals surface area contributed by atoms with Gasteiger partial charge in [-0.05, 0) is 29.5 Å². The lowest BCUT2D eigenvalue weighted by Gasteiger charge is -2.10. The number of aromatic nitrogens is 5. The highest BCUT2D eigenvalue weighted by Gasteiger charge is 2.14. The van der Waals surface area contributed by atoms with E-state index in [4.69, 9.17) is 9.72 Å². The third-order valence-electron chi connectivity index (χ3n) is 3.76. The van der Waals surface area contributed by atoms with Gasteiger partial charge in [0.2, 0.25) is 5.16 Å². The first-order chi connectivity index (χ1) is 13.3. The number of hydrogen-bond donors (Lipinski definition) is 0. The third kappa shape index (κ3) is 4.01. The molecule has 2 aromatic carbocycles. The minimum absolute atomic E-state index is 0.586. The number of benzene rings is 2. The summed E-state index contributed by atoms with van der Waals surface area (Å²) in [5, 5.41) is 15.9. The molecule has 0 aliphatic rings. The average molecular weight is 396 g/mol. The van der Waals surface area contributed by atoms with E-state index in [0.717, 1.165) is 27.7 Å². The predicted molar refractivity (Wildman–Crippen MR) is 107 cm³/mol. The van der Waals surface area contributed by atoms with Gasteiger partial charge in [0.05, 0.1) is 12.3 Å². The SMILES string of the molecule is CCOc1ccccc1-n1nnnc1SCc1csc(-c2ccccc2)n1. The number of rotatable bonds is 7. The standard InChI is InChI=1S/C19H17N5OS2/c1-2-25-17-11-7-6-10-16(17)24-19(21-22-23-24)27-13-15-12-26-18(20-15)14-8-4-3-5-9-14/h3-12H,2,13H2,1H3. The minimum Gasteiger partial charge on any atom is -0.492 e. The van der Waals surface area contributed by atoms with Crippen molar-refractivity contribution in [3.63, 3.8) is 0 Å². The summed E-state index contributed by atoms with van der Waals surface area (Å²) < 4.78 is 7.40. The normalized spacial score (nSPS) is 10.9. The van der Waals surface area contributed by atoms with Crippen molar-refractivity contribution in [3.8, 4) is 22.0 Å². The number of para-hydroxylation sites is 2. The molecule has 6 nitrogen and oxygen atoms in total. The van der Waals surface area contributed by atoms with Crippen LogP contribution >= 0.6 is 23.1 Å². The van der Waals surface area contributed by atoms with Crippen LogP contribution in [-0.2, 0) is 5.75 Å². The van der Waals surface area contributed by atoms with E-state index in [0.29, 0.717) is 17.5 Å². The molecule has 2 heterocycles. The molecule has 8 heteroatoms. The highest BCUT2D eigenvalue weighted by atomic mass is 32.2. The van der Waals surface area contributed by atoms with Crippen molar-refractivity contribution in [2.24, 2.45) is 0 Å². The first-order valence-electron chi connectivity index (χ1n) is 8.48. The van der Waals surface area contributed by atoms with Crippen LogP contribution in [0.25, 0.3) is 16.3 Å². The molecule has 136 valence electrons. The Morgan fingerprint density at radius 3 is 2.74 bits per heavy atom. The summed E-state index contributed by atoms with van der Waals surface area (Å²) in [4.78, 5) is 4.72. The number of thiazole rings is 1. The number of nitrogens with zero attached hydrogens (tertiary/aromatic N) is 5. The van der Waals surface area contributed by atoms with Crippen LogP contribution in [0.2, 0.25) is 0 Å². The maximum absolute atomic E-state index is 5.69. The second-order valence-corrected chi connectivity index (χ2v) is 7.37. The van der Waals surface area contributed by atoms with Crippen LogP contribution in [0.5, 0.6) is 5.75 Å². The Morgan fingerprint density at radius 1 is 1.07 bits per heavy atom. The molecule has 27 heavy (non-hydrogen) atoms. The van der Waals surface area contributed by atoms with E-state index in [-0.39, 0.29) is 0 Å². The summed E-state index contributed by atoms with van der Waals surface area (Å²) in [6.07, 6.45) is 0. The topological polar surface area (TPSA) is 65.7 Å². The maximum Gasteiger partial charge on any atom is 0.214 e. The van der Waals surface area contributed by atoms with E-state index >= 15 is 0 Å². The van der Waals surface area contributed by atoms with Gasteiger partial charge in [-0.3, -0.25) is 0 Å². The Hall–Kier alpha value is -2.71. The molecule has 0 radical (unpaired) electrons. The molecule has 0 unspecified atom stereocenters. The Kier molecular flexibility index (Phi) is 5.45. The molecule has 2 aromatic heterocycles. The van der Waals surface area contributed by atoms with Crippen LogP contribution in [-0.4, -0.2) is 31.8 Å². The van der Waals surface area contributed by atoms with Gasteiger partial charge < -0.3 is 4.74 Å². The van der Waals surface area contributed by atoms with Crippen LogP contribution in [0.3, 0.4) is 0 Å². The Morgan fingerprint density at radius 2 is 1.89 bits per heavy atom. The van der Waals surface area contributed by atoms with Crippen molar-refractivity contribution < 1.29 is 4.74 Å². The number of tetrazole rings is 1. The molecule has 0 saturated carbocycles. The number of ether oxygens (including phenoxy) is 1. The molecule has 0 aliphatic heterocycles. The zero-order valence-electron chi connectivity index (χ0n) is 14.6. The van der Waals surface area contributed by atoms with E-state index in [1.54, 1.807) is 27.8 Å². The molecule has 0 amide bonds. The van der Waals surface area contributed by atoms with Gasteiger partial charge in [0.1, 0.15) is 16.4 Å². The molecular weight excluding hydrogens is 378 g/mol. The molecule has 0 bridgehead atoms. The van der Waals surface area contributed by atoms with Crippen molar-refractivity contribution in [1.29, 1.82) is 0 Å². The highest BCUT2D eigenvalue weighted by Crippen LogP contribution is 2.29.